The Kier molecular flexibility index (Phi) is 1.14. The first kappa shape index (κ1) is 5.74. The number of hydrogen-bond acceptors (Lipinski definition) is 1. The molecule has 1 aromatic heterocycles. The van der Waals surface area contributed by atoms with E-state index < -0.39 is 0 Å². The molecule has 0 atom stereocenters. The Morgan fingerprint density at radius 2 is 2.40 bits per heavy atom. The van der Waals surface area contributed by atoms with Gasteiger partial charge < -0.3 is 4.98 Å². The average molecular weight is 152 g/mol. The number of nitrogens with one attached hydrogen (secondary N) is 1. The summed E-state index contributed by atoms with van der Waals surface area (Å²) in [5.74, 6) is 0. The molecule has 0 saturated heterocycles. The van der Waals surface area contributed by atoms with Gasteiger partial charge in [-0.25, -0.2) is 4.98 Å². The summed E-state index contributed by atoms with van der Waals surface area (Å²) in [6.07, 6.45) is 2.63. The second-order valence-electron chi connectivity index (χ2n) is 2.01. The topological polar surface area (TPSA) is 28.7 Å². The smallest absolute Gasteiger partial charge is 0.174 e. The molecule has 3 heteroatoms. The van der Waals surface area contributed by atoms with Crippen LogP contribution in [0.4, 0.5) is 0 Å². The third-order valence-corrected chi connectivity index (χ3v) is 1.56. The van der Waals surface area contributed by atoms with Gasteiger partial charge in [0.25, 0.3) is 0 Å². The van der Waals surface area contributed by atoms with Gasteiger partial charge in [0, 0.05) is 5.02 Å². The van der Waals surface area contributed by atoms with Crippen molar-refractivity contribution in [2.45, 2.75) is 0 Å². The molecule has 2 nitrogen and oxygen atoms in total. The van der Waals surface area contributed by atoms with Crippen molar-refractivity contribution in [2.24, 2.45) is 0 Å². The van der Waals surface area contributed by atoms with Crippen molar-refractivity contribution < 1.29 is 0 Å². The maximum atomic E-state index is 5.71. The van der Waals surface area contributed by atoms with E-state index >= 15 is 0 Å². The van der Waals surface area contributed by atoms with E-state index in [-0.39, 0.29) is 0 Å². The van der Waals surface area contributed by atoms with E-state index in [4.69, 9.17) is 11.6 Å². The number of halogens is 1. The predicted octanol–water partition coefficient (Wildman–Crippen LogP) is 2.02. The van der Waals surface area contributed by atoms with Gasteiger partial charge in [0.15, 0.2) is 6.33 Å². The van der Waals surface area contributed by atoms with Crippen LogP contribution in [0.25, 0.3) is 11.0 Å². The second kappa shape index (κ2) is 1.99. The van der Waals surface area contributed by atoms with E-state index in [1.165, 1.54) is 0 Å². The summed E-state index contributed by atoms with van der Waals surface area (Å²) in [6.45, 7) is 0. The summed E-state index contributed by atoms with van der Waals surface area (Å²) in [5.41, 5.74) is 1.82. The van der Waals surface area contributed by atoms with Crippen molar-refractivity contribution in [3.8, 4) is 0 Å². The van der Waals surface area contributed by atoms with Gasteiger partial charge in [0.1, 0.15) is 0 Å². The highest BCUT2D eigenvalue weighted by atomic mass is 35.5. The Balaban J connectivity index is 2.86. The van der Waals surface area contributed by atoms with Gasteiger partial charge in [0.2, 0.25) is 0 Å². The number of nitrogens with zero attached hydrogens (tertiary/aromatic N) is 1. The lowest BCUT2D eigenvalue weighted by molar-refractivity contribution is 1.32. The largest absolute Gasteiger partial charge is 0.335 e. The van der Waals surface area contributed by atoms with Crippen LogP contribution < -0.4 is 0 Å². The lowest BCUT2D eigenvalue weighted by Gasteiger charge is -1.87. The number of benzene rings is 1. The molecule has 49 valence electrons. The first-order chi connectivity index (χ1) is 4.86. The molecule has 1 N–H and O–H groups in total. The maximum Gasteiger partial charge on any atom is 0.174 e. The van der Waals surface area contributed by atoms with Crippen LogP contribution in [0.3, 0.4) is 0 Å². The molecule has 10 heavy (non-hydrogen) atoms. The molecule has 2 rings (SSSR count). The zero-order valence-electron chi connectivity index (χ0n) is 5.06. The van der Waals surface area contributed by atoms with Crippen LogP contribution in [0.5, 0.6) is 0 Å². The summed E-state index contributed by atoms with van der Waals surface area (Å²) in [4.78, 5) is 6.76. The third-order valence-electron chi connectivity index (χ3n) is 1.33. The zero-order valence-corrected chi connectivity index (χ0v) is 5.81. The summed E-state index contributed by atoms with van der Waals surface area (Å²) in [5, 5.41) is 0.713. The Morgan fingerprint density at radius 1 is 1.50 bits per heavy atom. The molecule has 0 aliphatic carbocycles. The maximum absolute atomic E-state index is 5.71. The standard InChI is InChI=1S/C7H4ClN2/c8-5-1-2-6-7(3-5)10-4-9-6/h1-3H,(H,9,10). The van der Waals surface area contributed by atoms with Gasteiger partial charge in [-0.15, -0.1) is 0 Å². The quantitative estimate of drug-likeness (QED) is 0.613. The van der Waals surface area contributed by atoms with Gasteiger partial charge in [0.05, 0.1) is 11.0 Å². The number of hydrogen-bond donors (Lipinski definition) is 1. The molecule has 0 spiro atoms. The highest BCUT2D eigenvalue weighted by Crippen LogP contribution is 2.14. The van der Waals surface area contributed by atoms with Crippen LogP contribution in [-0.4, -0.2) is 9.97 Å². The van der Waals surface area contributed by atoms with E-state index in [9.17, 15) is 0 Å². The van der Waals surface area contributed by atoms with E-state index in [1.807, 2.05) is 12.1 Å². The lowest BCUT2D eigenvalue weighted by Crippen LogP contribution is -1.67. The van der Waals surface area contributed by atoms with Crippen molar-refractivity contribution >= 4 is 22.6 Å². The zero-order chi connectivity index (χ0) is 6.97. The Hall–Kier alpha value is -1.02. The number of aromatic nitrogens is 2. The van der Waals surface area contributed by atoms with Crippen LogP contribution in [0.1, 0.15) is 0 Å². The van der Waals surface area contributed by atoms with Crippen molar-refractivity contribution in [1.82, 2.24) is 9.97 Å². The molecule has 0 aliphatic heterocycles. The molecule has 0 bridgehead atoms. The van der Waals surface area contributed by atoms with E-state index in [2.05, 4.69) is 16.3 Å². The monoisotopic (exact) mass is 151 g/mol. The first-order valence-corrected chi connectivity index (χ1v) is 3.25. The van der Waals surface area contributed by atoms with E-state index in [1.54, 1.807) is 6.07 Å². The Labute approximate surface area is 62.8 Å². The normalized spacial score (nSPS) is 10.5. The Bertz CT molecular complexity index is 353. The van der Waals surface area contributed by atoms with Crippen molar-refractivity contribution in [1.29, 1.82) is 0 Å². The van der Waals surface area contributed by atoms with Crippen LogP contribution in [-0.2, 0) is 0 Å². The SMILES string of the molecule is Clc1ccc2n[c][nH]c2c1. The summed E-state index contributed by atoms with van der Waals surface area (Å²) in [6, 6.07) is 5.48. The minimum Gasteiger partial charge on any atom is -0.335 e. The van der Waals surface area contributed by atoms with E-state index in [0.29, 0.717) is 5.02 Å². The van der Waals surface area contributed by atoms with Crippen molar-refractivity contribution in [3.05, 3.63) is 29.5 Å². The minimum atomic E-state index is 0.713. The fourth-order valence-corrected chi connectivity index (χ4v) is 1.03. The minimum absolute atomic E-state index is 0.713. The molecule has 0 amide bonds. The first-order valence-electron chi connectivity index (χ1n) is 2.87. The summed E-state index contributed by atoms with van der Waals surface area (Å²) >= 11 is 5.71. The highest BCUT2D eigenvalue weighted by molar-refractivity contribution is 6.31. The molecule has 0 saturated carbocycles. The molecular weight excluding hydrogens is 148 g/mol. The van der Waals surface area contributed by atoms with Gasteiger partial charge in [-0.05, 0) is 18.2 Å². The van der Waals surface area contributed by atoms with Crippen LogP contribution >= 0.6 is 11.6 Å². The van der Waals surface area contributed by atoms with Crippen LogP contribution in [0, 0.1) is 6.33 Å². The molecule has 2 aromatic rings. The number of H-pyrrole nitrogens is 1. The van der Waals surface area contributed by atoms with Gasteiger partial charge in [-0.3, -0.25) is 0 Å². The fraction of sp³-hybridized carbons (Fsp3) is 0. The number of imidazole rings is 1. The van der Waals surface area contributed by atoms with Gasteiger partial charge >= 0.3 is 0 Å². The number of aromatic amines is 1. The number of rotatable bonds is 0. The molecule has 1 radical (unpaired) electrons. The lowest BCUT2D eigenvalue weighted by atomic mass is 10.3. The van der Waals surface area contributed by atoms with Gasteiger partial charge in [-0.1, -0.05) is 11.6 Å². The molecular formula is C7H4ClN2. The van der Waals surface area contributed by atoms with Crippen molar-refractivity contribution in [3.63, 3.8) is 0 Å². The predicted molar refractivity (Wildman–Crippen MR) is 39.9 cm³/mol. The van der Waals surface area contributed by atoms with Gasteiger partial charge in [-0.2, -0.15) is 0 Å². The Morgan fingerprint density at radius 3 is 3.30 bits per heavy atom. The highest BCUT2D eigenvalue weighted by Gasteiger charge is 1.94. The summed E-state index contributed by atoms with van der Waals surface area (Å²) in [7, 11) is 0. The van der Waals surface area contributed by atoms with Crippen molar-refractivity contribution in [2.75, 3.05) is 0 Å². The average Bonchev–Trinajstić information content (AvgIpc) is 2.33. The second-order valence-corrected chi connectivity index (χ2v) is 2.45. The molecule has 0 unspecified atom stereocenters. The molecule has 0 fully saturated rings. The van der Waals surface area contributed by atoms with E-state index in [0.717, 1.165) is 11.0 Å². The fourth-order valence-electron chi connectivity index (χ4n) is 0.854. The molecule has 0 aliphatic rings. The van der Waals surface area contributed by atoms with Crippen LogP contribution in [0.15, 0.2) is 18.2 Å². The molecule has 1 aromatic carbocycles. The molecule has 1 heterocycles. The number of fused-ring (bicyclic) bond motifs is 1. The van der Waals surface area contributed by atoms with Crippen LogP contribution in [0.2, 0.25) is 5.02 Å². The third kappa shape index (κ3) is 0.772. The summed E-state index contributed by atoms with van der Waals surface area (Å²) < 4.78 is 0.